The molecule has 11 heteroatoms. The van der Waals surface area contributed by atoms with Gasteiger partial charge in [-0.2, -0.15) is 13.9 Å². The lowest BCUT2D eigenvalue weighted by Crippen LogP contribution is -2.20. The van der Waals surface area contributed by atoms with Crippen molar-refractivity contribution in [1.29, 1.82) is 0 Å². The molecule has 1 aromatic heterocycles. The molecule has 1 aromatic carbocycles. The fraction of sp³-hybridized carbons (Fsp3) is 0.143. The second kappa shape index (κ2) is 7.86. The van der Waals surface area contributed by atoms with Crippen molar-refractivity contribution >= 4 is 17.7 Å². The Morgan fingerprint density at radius 3 is 2.44 bits per heavy atom. The van der Waals surface area contributed by atoms with E-state index in [1.807, 2.05) is 0 Å². The number of nitrogens with zero attached hydrogens (tertiary/aromatic N) is 3. The third-order valence-corrected chi connectivity index (χ3v) is 2.78. The van der Waals surface area contributed by atoms with Gasteiger partial charge in [0.25, 0.3) is 5.91 Å². The van der Waals surface area contributed by atoms with Crippen LogP contribution in [0, 0.1) is 0 Å². The zero-order valence-corrected chi connectivity index (χ0v) is 12.6. The van der Waals surface area contributed by atoms with E-state index in [-0.39, 0.29) is 18.1 Å². The molecule has 0 saturated carbocycles. The van der Waals surface area contributed by atoms with Crippen molar-refractivity contribution in [3.63, 3.8) is 0 Å². The minimum Gasteiger partial charge on any atom is -0.484 e. The van der Waals surface area contributed by atoms with Crippen LogP contribution >= 0.6 is 0 Å². The van der Waals surface area contributed by atoms with Gasteiger partial charge in [0.05, 0.1) is 0 Å². The number of ether oxygens (including phenoxy) is 1. The van der Waals surface area contributed by atoms with E-state index in [4.69, 9.17) is 16.2 Å². The predicted molar refractivity (Wildman–Crippen MR) is 80.8 cm³/mol. The Morgan fingerprint density at radius 2 is 1.88 bits per heavy atom. The van der Waals surface area contributed by atoms with Crippen molar-refractivity contribution in [2.45, 2.75) is 6.55 Å². The molecule has 2 rings (SSSR count). The van der Waals surface area contributed by atoms with E-state index in [2.05, 4.69) is 15.1 Å². The highest BCUT2D eigenvalue weighted by atomic mass is 19.3. The number of amides is 1. The maximum Gasteiger partial charge on any atom is 0.385 e. The average Bonchev–Trinajstić information content (AvgIpc) is 3.08. The summed E-state index contributed by atoms with van der Waals surface area (Å²) in [6.45, 7) is -3.14. The van der Waals surface area contributed by atoms with Crippen LogP contribution in [0.3, 0.4) is 0 Å². The molecule has 0 bridgehead atoms. The van der Waals surface area contributed by atoms with Crippen LogP contribution in [0.4, 0.5) is 8.78 Å². The summed E-state index contributed by atoms with van der Waals surface area (Å²) < 4.78 is 30.1. The lowest BCUT2D eigenvalue weighted by atomic mass is 10.2. The minimum atomic E-state index is -2.87. The van der Waals surface area contributed by atoms with Crippen molar-refractivity contribution in [2.24, 2.45) is 16.6 Å². The number of halogens is 2. The highest BCUT2D eigenvalue weighted by Crippen LogP contribution is 2.12. The highest BCUT2D eigenvalue weighted by molar-refractivity contribution is 5.98. The molecule has 132 valence electrons. The Hall–Kier alpha value is -3.50. The number of hydrogen-bond acceptors (Lipinski definition) is 6. The summed E-state index contributed by atoms with van der Waals surface area (Å²) in [5.41, 5.74) is 10.7. The van der Waals surface area contributed by atoms with Crippen LogP contribution < -0.4 is 16.2 Å². The van der Waals surface area contributed by atoms with Gasteiger partial charge in [-0.3, -0.25) is 4.79 Å². The van der Waals surface area contributed by atoms with Crippen molar-refractivity contribution in [3.05, 3.63) is 47.8 Å². The van der Waals surface area contributed by atoms with E-state index in [1.165, 1.54) is 24.3 Å². The number of amidine groups is 1. The number of aromatic nitrogens is 2. The van der Waals surface area contributed by atoms with Crippen molar-refractivity contribution < 1.29 is 27.9 Å². The number of oxime groups is 1. The Balaban J connectivity index is 1.98. The Labute approximate surface area is 139 Å². The molecule has 0 atom stereocenters. The van der Waals surface area contributed by atoms with Gasteiger partial charge >= 0.3 is 12.5 Å². The summed E-state index contributed by atoms with van der Waals surface area (Å²) in [4.78, 5) is 26.8. The van der Waals surface area contributed by atoms with Crippen LogP contribution in [-0.2, 0) is 9.63 Å². The quantitative estimate of drug-likeness (QED) is 0.324. The van der Waals surface area contributed by atoms with Crippen molar-refractivity contribution in [2.75, 3.05) is 6.61 Å². The Morgan fingerprint density at radius 1 is 1.20 bits per heavy atom. The van der Waals surface area contributed by atoms with Gasteiger partial charge in [0, 0.05) is 11.8 Å². The lowest BCUT2D eigenvalue weighted by Gasteiger charge is -2.05. The first-order chi connectivity index (χ1) is 11.9. The molecule has 9 nitrogen and oxygen atoms in total. The maximum absolute atomic E-state index is 12.4. The molecule has 4 N–H and O–H groups in total. The van der Waals surface area contributed by atoms with Gasteiger partial charge in [-0.05, 0) is 30.3 Å². The molecule has 0 unspecified atom stereocenters. The molecule has 1 heterocycles. The van der Waals surface area contributed by atoms with Crippen LogP contribution in [0.5, 0.6) is 5.75 Å². The van der Waals surface area contributed by atoms with Gasteiger partial charge in [-0.25, -0.2) is 9.48 Å². The molecule has 0 aliphatic carbocycles. The maximum atomic E-state index is 12.4. The topological polar surface area (TPSA) is 135 Å². The first-order valence-electron chi connectivity index (χ1n) is 6.76. The number of nitrogens with two attached hydrogens (primary N) is 2. The zero-order chi connectivity index (χ0) is 18.4. The van der Waals surface area contributed by atoms with E-state index in [0.717, 1.165) is 12.3 Å². The van der Waals surface area contributed by atoms with Gasteiger partial charge < -0.3 is 21.0 Å². The summed E-state index contributed by atoms with van der Waals surface area (Å²) in [6, 6.07) is 7.09. The van der Waals surface area contributed by atoms with Crippen molar-refractivity contribution in [3.8, 4) is 5.75 Å². The number of rotatable bonds is 7. The van der Waals surface area contributed by atoms with Gasteiger partial charge in [0.1, 0.15) is 5.75 Å². The van der Waals surface area contributed by atoms with Crippen LogP contribution in [-0.4, -0.2) is 34.1 Å². The molecule has 0 spiro atoms. The predicted octanol–water partition coefficient (Wildman–Crippen LogP) is 0.620. The fourth-order valence-corrected chi connectivity index (χ4v) is 1.62. The Bertz CT molecular complexity index is 789. The molecule has 0 fully saturated rings. The van der Waals surface area contributed by atoms with Gasteiger partial charge in [-0.15, -0.1) is 0 Å². The first kappa shape index (κ1) is 17.8. The largest absolute Gasteiger partial charge is 0.484 e. The fourth-order valence-electron chi connectivity index (χ4n) is 1.62. The number of benzene rings is 1. The van der Waals surface area contributed by atoms with Crippen LogP contribution in [0.1, 0.15) is 22.6 Å². The molecule has 0 aliphatic rings. The van der Waals surface area contributed by atoms with E-state index in [0.29, 0.717) is 16.0 Å². The van der Waals surface area contributed by atoms with Crippen LogP contribution in [0.2, 0.25) is 0 Å². The molecular formula is C14H13F2N5O4. The summed E-state index contributed by atoms with van der Waals surface area (Å²) >= 11 is 0. The third kappa shape index (κ3) is 4.99. The Kier molecular flexibility index (Phi) is 5.61. The van der Waals surface area contributed by atoms with E-state index in [9.17, 15) is 18.4 Å². The summed E-state index contributed by atoms with van der Waals surface area (Å²) in [5.74, 6) is -1.41. The summed E-state index contributed by atoms with van der Waals surface area (Å²) in [5, 5.41) is 6.76. The third-order valence-electron chi connectivity index (χ3n) is 2.78. The molecule has 0 radical (unpaired) electrons. The number of alkyl halides is 2. The monoisotopic (exact) mass is 353 g/mol. The summed E-state index contributed by atoms with van der Waals surface area (Å²) in [6.07, 6.45) is 0.930. The second-order valence-corrected chi connectivity index (χ2v) is 4.59. The molecule has 0 aliphatic heterocycles. The number of primary amides is 1. The standard InChI is InChI=1S/C14H13F2N5O4/c15-14(16)21-6-5-10(19-21)13(23)25-20-12(18)8-1-3-9(4-2-8)24-7-11(17)22/h1-6,14H,7H2,(H2,17,22)(H2,18,20). The van der Waals surface area contributed by atoms with Crippen molar-refractivity contribution in [1.82, 2.24) is 9.78 Å². The lowest BCUT2D eigenvalue weighted by molar-refractivity contribution is -0.119. The van der Waals surface area contributed by atoms with Gasteiger partial charge in [-0.1, -0.05) is 5.16 Å². The SMILES string of the molecule is NC(=O)COc1ccc(/C(N)=N/OC(=O)c2ccn(C(F)F)n2)cc1. The number of hydrogen-bond donors (Lipinski definition) is 2. The zero-order valence-electron chi connectivity index (χ0n) is 12.6. The molecule has 25 heavy (non-hydrogen) atoms. The van der Waals surface area contributed by atoms with Crippen LogP contribution in [0.15, 0.2) is 41.7 Å². The first-order valence-corrected chi connectivity index (χ1v) is 6.76. The number of carbonyl (C=O) groups excluding carboxylic acids is 2. The second-order valence-electron chi connectivity index (χ2n) is 4.59. The van der Waals surface area contributed by atoms with E-state index >= 15 is 0 Å². The van der Waals surface area contributed by atoms with E-state index in [1.54, 1.807) is 0 Å². The van der Waals surface area contributed by atoms with Crippen LogP contribution in [0.25, 0.3) is 0 Å². The highest BCUT2D eigenvalue weighted by Gasteiger charge is 2.15. The molecule has 0 saturated heterocycles. The molecule has 1 amide bonds. The van der Waals surface area contributed by atoms with Gasteiger partial charge in [0.2, 0.25) is 0 Å². The average molecular weight is 353 g/mol. The molecular weight excluding hydrogens is 340 g/mol. The molecule has 2 aromatic rings. The number of carbonyl (C=O) groups is 2. The minimum absolute atomic E-state index is 0.136. The van der Waals surface area contributed by atoms with Gasteiger partial charge in [0.15, 0.2) is 18.1 Å². The van der Waals surface area contributed by atoms with E-state index < -0.39 is 18.4 Å². The smallest absolute Gasteiger partial charge is 0.385 e. The summed E-state index contributed by atoms with van der Waals surface area (Å²) in [7, 11) is 0. The normalized spacial score (nSPS) is 11.4.